The van der Waals surface area contributed by atoms with Crippen molar-refractivity contribution in [2.24, 2.45) is 0 Å². The molecule has 0 unspecified atom stereocenters. The van der Waals surface area contributed by atoms with Gasteiger partial charge in [-0.3, -0.25) is 0 Å². The van der Waals surface area contributed by atoms with E-state index in [4.69, 9.17) is 0 Å². The van der Waals surface area contributed by atoms with Crippen molar-refractivity contribution in [3.05, 3.63) is 44.8 Å². The second-order valence-corrected chi connectivity index (χ2v) is 6.02. The molecule has 0 saturated heterocycles. The minimum Gasteiger partial charge on any atom is -0.368 e. The quantitative estimate of drug-likeness (QED) is 0.870. The smallest absolute Gasteiger partial charge is 0.0795 e. The van der Waals surface area contributed by atoms with Gasteiger partial charge in [0.15, 0.2) is 0 Å². The average molecular weight is 340 g/mol. The SMILES string of the molecule is CCNCc1ccc(Br)cc1N(C)Cc1cscn1. The molecule has 1 heterocycles. The molecule has 0 amide bonds. The number of hydrogen-bond donors (Lipinski definition) is 1. The number of rotatable bonds is 6. The Morgan fingerprint density at radius 1 is 1.42 bits per heavy atom. The maximum atomic E-state index is 4.35. The van der Waals surface area contributed by atoms with Crippen LogP contribution < -0.4 is 10.2 Å². The lowest BCUT2D eigenvalue weighted by atomic mass is 10.1. The zero-order chi connectivity index (χ0) is 13.7. The van der Waals surface area contributed by atoms with E-state index in [9.17, 15) is 0 Å². The van der Waals surface area contributed by atoms with E-state index in [0.717, 1.165) is 29.8 Å². The Labute approximate surface area is 126 Å². The topological polar surface area (TPSA) is 28.2 Å². The van der Waals surface area contributed by atoms with Gasteiger partial charge < -0.3 is 10.2 Å². The van der Waals surface area contributed by atoms with Gasteiger partial charge in [0, 0.05) is 29.1 Å². The minimum absolute atomic E-state index is 0.832. The molecule has 0 aliphatic carbocycles. The first-order valence-corrected chi connectivity index (χ1v) is 8.01. The van der Waals surface area contributed by atoms with Crippen LogP contribution in [-0.2, 0) is 13.1 Å². The number of anilines is 1. The van der Waals surface area contributed by atoms with Gasteiger partial charge in [0.1, 0.15) is 0 Å². The number of hydrogen-bond acceptors (Lipinski definition) is 4. The Kier molecular flexibility index (Phi) is 5.36. The van der Waals surface area contributed by atoms with Gasteiger partial charge in [-0.25, -0.2) is 4.98 Å². The Balaban J connectivity index is 2.18. The summed E-state index contributed by atoms with van der Waals surface area (Å²) in [5.74, 6) is 0. The highest BCUT2D eigenvalue weighted by Gasteiger charge is 2.09. The molecule has 0 spiro atoms. The van der Waals surface area contributed by atoms with Crippen LogP contribution in [0.3, 0.4) is 0 Å². The van der Waals surface area contributed by atoms with Gasteiger partial charge in [-0.2, -0.15) is 0 Å². The summed E-state index contributed by atoms with van der Waals surface area (Å²) in [4.78, 5) is 6.59. The maximum Gasteiger partial charge on any atom is 0.0795 e. The second kappa shape index (κ2) is 7.03. The lowest BCUT2D eigenvalue weighted by molar-refractivity contribution is 0.722. The molecule has 0 fully saturated rings. The van der Waals surface area contributed by atoms with Gasteiger partial charge in [-0.05, 0) is 24.2 Å². The van der Waals surface area contributed by atoms with Crippen LogP contribution >= 0.6 is 27.3 Å². The van der Waals surface area contributed by atoms with Crippen molar-refractivity contribution in [2.75, 3.05) is 18.5 Å². The van der Waals surface area contributed by atoms with Crippen LogP contribution in [0.4, 0.5) is 5.69 Å². The summed E-state index contributed by atoms with van der Waals surface area (Å²) in [6.07, 6.45) is 0. The molecule has 19 heavy (non-hydrogen) atoms. The van der Waals surface area contributed by atoms with Crippen LogP contribution in [-0.4, -0.2) is 18.6 Å². The first-order chi connectivity index (χ1) is 9.20. The maximum absolute atomic E-state index is 4.35. The molecule has 0 aliphatic heterocycles. The van der Waals surface area contributed by atoms with Crippen molar-refractivity contribution < 1.29 is 0 Å². The van der Waals surface area contributed by atoms with E-state index < -0.39 is 0 Å². The third-order valence-electron chi connectivity index (χ3n) is 2.91. The molecule has 5 heteroatoms. The highest BCUT2D eigenvalue weighted by atomic mass is 79.9. The van der Waals surface area contributed by atoms with Crippen LogP contribution in [0, 0.1) is 0 Å². The Morgan fingerprint density at radius 3 is 2.95 bits per heavy atom. The van der Waals surface area contributed by atoms with Gasteiger partial charge in [-0.15, -0.1) is 11.3 Å². The average Bonchev–Trinajstić information content (AvgIpc) is 2.90. The third kappa shape index (κ3) is 4.03. The van der Waals surface area contributed by atoms with Crippen molar-refractivity contribution in [3.63, 3.8) is 0 Å². The molecular formula is C14H18BrN3S. The van der Waals surface area contributed by atoms with Crippen molar-refractivity contribution >= 4 is 33.0 Å². The Morgan fingerprint density at radius 2 is 2.26 bits per heavy atom. The summed E-state index contributed by atoms with van der Waals surface area (Å²) in [5.41, 5.74) is 5.54. The van der Waals surface area contributed by atoms with Gasteiger partial charge in [0.25, 0.3) is 0 Å². The molecule has 1 aromatic carbocycles. The molecule has 0 aliphatic rings. The minimum atomic E-state index is 0.832. The van der Waals surface area contributed by atoms with E-state index in [-0.39, 0.29) is 0 Å². The number of benzene rings is 1. The first kappa shape index (κ1) is 14.5. The van der Waals surface area contributed by atoms with Gasteiger partial charge in [0.05, 0.1) is 17.7 Å². The molecule has 1 N–H and O–H groups in total. The Hall–Kier alpha value is -0.910. The van der Waals surface area contributed by atoms with Gasteiger partial charge in [0.2, 0.25) is 0 Å². The zero-order valence-corrected chi connectivity index (χ0v) is 13.6. The summed E-state index contributed by atoms with van der Waals surface area (Å²) in [7, 11) is 2.11. The standard InChI is InChI=1S/C14H18BrN3S/c1-3-16-7-11-4-5-12(15)6-14(11)18(2)8-13-9-19-10-17-13/h4-6,9-10,16H,3,7-8H2,1-2H3. The monoisotopic (exact) mass is 339 g/mol. The fourth-order valence-corrected chi connectivity index (χ4v) is 2.84. The molecule has 0 atom stereocenters. The summed E-state index contributed by atoms with van der Waals surface area (Å²) >= 11 is 5.19. The molecule has 0 bridgehead atoms. The van der Waals surface area contributed by atoms with Gasteiger partial charge in [-0.1, -0.05) is 28.9 Å². The lowest BCUT2D eigenvalue weighted by Gasteiger charge is -2.22. The summed E-state index contributed by atoms with van der Waals surface area (Å²) in [5, 5.41) is 5.48. The van der Waals surface area contributed by atoms with Crippen LogP contribution in [0.1, 0.15) is 18.2 Å². The first-order valence-electron chi connectivity index (χ1n) is 6.28. The van der Waals surface area contributed by atoms with Gasteiger partial charge >= 0.3 is 0 Å². The van der Waals surface area contributed by atoms with E-state index in [0.29, 0.717) is 0 Å². The van der Waals surface area contributed by atoms with Crippen LogP contribution in [0.15, 0.2) is 33.6 Å². The van der Waals surface area contributed by atoms with Crippen molar-refractivity contribution in [1.82, 2.24) is 10.3 Å². The predicted molar refractivity (Wildman–Crippen MR) is 85.7 cm³/mol. The van der Waals surface area contributed by atoms with Crippen LogP contribution in [0.2, 0.25) is 0 Å². The molecule has 2 aromatic rings. The molecule has 0 radical (unpaired) electrons. The van der Waals surface area contributed by atoms with Crippen molar-refractivity contribution in [2.45, 2.75) is 20.0 Å². The number of thiazole rings is 1. The van der Waals surface area contributed by atoms with E-state index in [2.05, 4.69) is 68.7 Å². The predicted octanol–water partition coefficient (Wildman–Crippen LogP) is 3.65. The number of halogens is 1. The molecule has 102 valence electrons. The van der Waals surface area contributed by atoms with E-state index >= 15 is 0 Å². The van der Waals surface area contributed by atoms with Crippen molar-refractivity contribution in [3.8, 4) is 0 Å². The highest BCUT2D eigenvalue weighted by molar-refractivity contribution is 9.10. The molecule has 3 nitrogen and oxygen atoms in total. The largest absolute Gasteiger partial charge is 0.368 e. The highest BCUT2D eigenvalue weighted by Crippen LogP contribution is 2.25. The third-order valence-corrected chi connectivity index (χ3v) is 4.04. The zero-order valence-electron chi connectivity index (χ0n) is 11.2. The van der Waals surface area contributed by atoms with E-state index in [1.54, 1.807) is 11.3 Å². The Bertz CT molecular complexity index is 513. The molecule has 2 rings (SSSR count). The van der Waals surface area contributed by atoms with Crippen molar-refractivity contribution in [1.29, 1.82) is 0 Å². The number of nitrogens with zero attached hydrogens (tertiary/aromatic N) is 2. The van der Waals surface area contributed by atoms with Crippen LogP contribution in [0.25, 0.3) is 0 Å². The number of aromatic nitrogens is 1. The lowest BCUT2D eigenvalue weighted by Crippen LogP contribution is -2.20. The fourth-order valence-electron chi connectivity index (χ4n) is 1.95. The summed E-state index contributed by atoms with van der Waals surface area (Å²) in [6, 6.07) is 6.42. The molecule has 1 aromatic heterocycles. The normalized spacial score (nSPS) is 10.7. The van der Waals surface area contributed by atoms with E-state index in [1.807, 2.05) is 5.51 Å². The molecule has 0 saturated carbocycles. The fraction of sp³-hybridized carbons (Fsp3) is 0.357. The second-order valence-electron chi connectivity index (χ2n) is 4.39. The van der Waals surface area contributed by atoms with E-state index in [1.165, 1.54) is 11.3 Å². The summed E-state index contributed by atoms with van der Waals surface area (Å²) in [6.45, 7) is 4.82. The molecular weight excluding hydrogens is 322 g/mol. The summed E-state index contributed by atoms with van der Waals surface area (Å²) < 4.78 is 1.10. The van der Waals surface area contributed by atoms with Crippen LogP contribution in [0.5, 0.6) is 0 Å². The number of nitrogens with one attached hydrogen (secondary N) is 1.